The number of rotatable bonds is 6. The maximum atomic E-state index is 12.8. The Bertz CT molecular complexity index is 1420. The number of hydrogen-bond donors (Lipinski definition) is 1. The van der Waals surface area contributed by atoms with Gasteiger partial charge in [-0.25, -0.2) is 4.98 Å². The number of hydrogen-bond acceptors (Lipinski definition) is 5. The number of aromatic amines is 1. The number of Topliss-reactive ketones (excluding diaryl/α,β-unsaturated/α-hetero) is 2. The molecule has 3 aromatic heterocycles. The third kappa shape index (κ3) is 3.83. The van der Waals surface area contributed by atoms with Crippen LogP contribution in [0.25, 0.3) is 21.8 Å². The second-order valence-electron chi connectivity index (χ2n) is 7.32. The summed E-state index contributed by atoms with van der Waals surface area (Å²) in [5.74, 6) is 0.309. The quantitative estimate of drug-likeness (QED) is 0.423. The van der Waals surface area contributed by atoms with Crippen LogP contribution in [0.1, 0.15) is 32.4 Å². The van der Waals surface area contributed by atoms with Crippen LogP contribution >= 0.6 is 0 Å². The molecule has 0 aliphatic heterocycles. The molecule has 150 valence electrons. The van der Waals surface area contributed by atoms with Gasteiger partial charge in [0.2, 0.25) is 0 Å². The topological polar surface area (TPSA) is 88.6 Å². The van der Waals surface area contributed by atoms with Gasteiger partial charge in [-0.15, -0.1) is 0 Å². The van der Waals surface area contributed by atoms with Gasteiger partial charge in [0.25, 0.3) is 0 Å². The van der Waals surface area contributed by atoms with E-state index in [9.17, 15) is 9.59 Å². The van der Waals surface area contributed by atoms with E-state index in [1.54, 1.807) is 24.5 Å². The Balaban J connectivity index is 1.41. The first kappa shape index (κ1) is 18.8. The summed E-state index contributed by atoms with van der Waals surface area (Å²) in [6.45, 7) is 0. The summed E-state index contributed by atoms with van der Waals surface area (Å²) in [6, 6.07) is 20.5. The molecule has 0 amide bonds. The standard InChI is InChI=1S/C25H18N4O2/c30-22(13-18-8-3-4-11-26-18)19-9-5-10-20-25(19)29-24(28-20)14-23(31)21-12-16-6-1-2-7-17(16)15-27-21/h1-12,15H,13-14H2,(H,28,29). The minimum Gasteiger partial charge on any atom is -0.342 e. The summed E-state index contributed by atoms with van der Waals surface area (Å²) >= 11 is 0. The fraction of sp³-hybridized carbons (Fsp3) is 0.0800. The van der Waals surface area contributed by atoms with Crippen molar-refractivity contribution < 1.29 is 9.59 Å². The van der Waals surface area contributed by atoms with Gasteiger partial charge in [-0.05, 0) is 35.7 Å². The van der Waals surface area contributed by atoms with Gasteiger partial charge in [-0.1, -0.05) is 36.4 Å². The summed E-state index contributed by atoms with van der Waals surface area (Å²) in [4.78, 5) is 41.9. The van der Waals surface area contributed by atoms with E-state index in [0.29, 0.717) is 28.3 Å². The van der Waals surface area contributed by atoms with Crippen molar-refractivity contribution in [1.29, 1.82) is 0 Å². The highest BCUT2D eigenvalue weighted by atomic mass is 16.1. The fourth-order valence-corrected chi connectivity index (χ4v) is 3.63. The molecule has 31 heavy (non-hydrogen) atoms. The number of para-hydroxylation sites is 1. The predicted octanol–water partition coefficient (Wildman–Crippen LogP) is 4.36. The molecule has 3 heterocycles. The Morgan fingerprint density at radius 3 is 2.48 bits per heavy atom. The number of H-pyrrole nitrogens is 1. The summed E-state index contributed by atoms with van der Waals surface area (Å²) in [6.07, 6.45) is 3.65. The van der Waals surface area contributed by atoms with Gasteiger partial charge >= 0.3 is 0 Å². The van der Waals surface area contributed by atoms with Crippen molar-refractivity contribution >= 4 is 33.4 Å². The molecule has 6 nitrogen and oxygen atoms in total. The summed E-state index contributed by atoms with van der Waals surface area (Å²) in [5.41, 5.74) is 2.91. The van der Waals surface area contributed by atoms with Crippen molar-refractivity contribution in [2.24, 2.45) is 0 Å². The third-order valence-electron chi connectivity index (χ3n) is 5.17. The Kier molecular flexibility index (Phi) is 4.80. The van der Waals surface area contributed by atoms with Crippen LogP contribution in [0.4, 0.5) is 0 Å². The Labute approximate surface area is 178 Å². The average molecular weight is 406 g/mol. The largest absolute Gasteiger partial charge is 0.342 e. The summed E-state index contributed by atoms with van der Waals surface area (Å²) in [5, 5.41) is 1.95. The van der Waals surface area contributed by atoms with Crippen LogP contribution in [0.3, 0.4) is 0 Å². The molecule has 0 atom stereocenters. The lowest BCUT2D eigenvalue weighted by atomic mass is 10.0. The molecule has 0 fully saturated rings. The molecule has 5 rings (SSSR count). The number of ketones is 2. The van der Waals surface area contributed by atoms with E-state index < -0.39 is 0 Å². The van der Waals surface area contributed by atoms with Crippen LogP contribution in [0.15, 0.2) is 79.1 Å². The van der Waals surface area contributed by atoms with Crippen molar-refractivity contribution in [2.45, 2.75) is 12.8 Å². The maximum Gasteiger partial charge on any atom is 0.188 e. The van der Waals surface area contributed by atoms with E-state index in [4.69, 9.17) is 0 Å². The zero-order valence-electron chi connectivity index (χ0n) is 16.6. The van der Waals surface area contributed by atoms with Gasteiger partial charge in [0.05, 0.1) is 23.9 Å². The number of imidazole rings is 1. The first-order valence-corrected chi connectivity index (χ1v) is 9.96. The Morgan fingerprint density at radius 2 is 1.65 bits per heavy atom. The lowest BCUT2D eigenvalue weighted by molar-refractivity contribution is 0.0982. The fourth-order valence-electron chi connectivity index (χ4n) is 3.63. The Hall–Kier alpha value is -4.19. The van der Waals surface area contributed by atoms with Gasteiger partial charge in [0.15, 0.2) is 11.6 Å². The van der Waals surface area contributed by atoms with E-state index in [2.05, 4.69) is 19.9 Å². The summed E-state index contributed by atoms with van der Waals surface area (Å²) in [7, 11) is 0. The SMILES string of the molecule is O=C(Cc1nc2c(C(=O)Cc3ccccn3)cccc2[nH]1)c1cc2ccccc2cn1. The van der Waals surface area contributed by atoms with Crippen molar-refractivity contribution in [1.82, 2.24) is 19.9 Å². The van der Waals surface area contributed by atoms with Crippen LogP contribution in [-0.2, 0) is 12.8 Å². The lowest BCUT2D eigenvalue weighted by Crippen LogP contribution is -2.07. The highest BCUT2D eigenvalue weighted by Crippen LogP contribution is 2.20. The molecule has 0 aliphatic carbocycles. The van der Waals surface area contributed by atoms with Crippen LogP contribution in [-0.4, -0.2) is 31.5 Å². The molecule has 6 heteroatoms. The zero-order valence-corrected chi connectivity index (χ0v) is 16.6. The van der Waals surface area contributed by atoms with Crippen molar-refractivity contribution in [2.75, 3.05) is 0 Å². The Morgan fingerprint density at radius 1 is 0.806 bits per heavy atom. The number of pyridine rings is 2. The number of benzene rings is 2. The second-order valence-corrected chi connectivity index (χ2v) is 7.32. The van der Waals surface area contributed by atoms with Crippen molar-refractivity contribution in [3.63, 3.8) is 0 Å². The van der Waals surface area contributed by atoms with Crippen LogP contribution < -0.4 is 0 Å². The molecule has 2 aromatic carbocycles. The first-order valence-electron chi connectivity index (χ1n) is 9.96. The molecule has 0 bridgehead atoms. The van der Waals surface area contributed by atoms with Crippen molar-refractivity contribution in [3.05, 3.63) is 102 Å². The highest BCUT2D eigenvalue weighted by molar-refractivity contribution is 6.07. The average Bonchev–Trinajstić information content (AvgIpc) is 3.21. The van der Waals surface area contributed by atoms with Crippen LogP contribution in [0.5, 0.6) is 0 Å². The molecule has 0 spiro atoms. The number of carbonyl (C=O) groups is 2. The second kappa shape index (κ2) is 7.91. The molecular formula is C25H18N4O2. The van der Waals surface area contributed by atoms with Gasteiger partial charge in [0, 0.05) is 29.0 Å². The van der Waals surface area contributed by atoms with E-state index in [1.807, 2.05) is 54.6 Å². The monoisotopic (exact) mass is 406 g/mol. The van der Waals surface area contributed by atoms with Gasteiger partial charge < -0.3 is 4.98 Å². The molecule has 0 aliphatic rings. The van der Waals surface area contributed by atoms with Crippen LogP contribution in [0.2, 0.25) is 0 Å². The number of fused-ring (bicyclic) bond motifs is 2. The molecular weight excluding hydrogens is 388 g/mol. The highest BCUT2D eigenvalue weighted by Gasteiger charge is 2.17. The van der Waals surface area contributed by atoms with Crippen molar-refractivity contribution in [3.8, 4) is 0 Å². The molecule has 0 saturated heterocycles. The van der Waals surface area contributed by atoms with Gasteiger partial charge in [-0.3, -0.25) is 19.6 Å². The minimum atomic E-state index is -0.133. The van der Waals surface area contributed by atoms with Gasteiger partial charge in [0.1, 0.15) is 11.5 Å². The van der Waals surface area contributed by atoms with E-state index in [0.717, 1.165) is 16.3 Å². The number of nitrogens with one attached hydrogen (secondary N) is 1. The molecule has 1 N–H and O–H groups in total. The van der Waals surface area contributed by atoms with E-state index in [-0.39, 0.29) is 24.4 Å². The summed E-state index contributed by atoms with van der Waals surface area (Å²) < 4.78 is 0. The first-order chi connectivity index (χ1) is 15.2. The smallest absolute Gasteiger partial charge is 0.188 e. The normalized spacial score (nSPS) is 11.1. The lowest BCUT2D eigenvalue weighted by Gasteiger charge is -2.02. The van der Waals surface area contributed by atoms with Gasteiger partial charge in [-0.2, -0.15) is 0 Å². The predicted molar refractivity (Wildman–Crippen MR) is 118 cm³/mol. The molecule has 0 saturated carbocycles. The number of nitrogens with zero attached hydrogens (tertiary/aromatic N) is 3. The molecule has 5 aromatic rings. The third-order valence-corrected chi connectivity index (χ3v) is 5.17. The van der Waals surface area contributed by atoms with Crippen LogP contribution in [0, 0.1) is 0 Å². The zero-order chi connectivity index (χ0) is 21.2. The number of aromatic nitrogens is 4. The van der Waals surface area contributed by atoms with E-state index >= 15 is 0 Å². The van der Waals surface area contributed by atoms with E-state index in [1.165, 1.54) is 0 Å². The molecule has 0 unspecified atom stereocenters. The minimum absolute atomic E-state index is 0.0649. The molecule has 0 radical (unpaired) electrons. The maximum absolute atomic E-state index is 12.8. The number of carbonyl (C=O) groups excluding carboxylic acids is 2.